The molecule has 0 spiro atoms. The highest BCUT2D eigenvalue weighted by atomic mass is 79.9. The predicted octanol–water partition coefficient (Wildman–Crippen LogP) is 3.86. The van der Waals surface area contributed by atoms with Crippen LogP contribution >= 0.6 is 40.7 Å². The number of nitrogens with one attached hydrogen (secondary N) is 1. The predicted molar refractivity (Wildman–Crippen MR) is 94.7 cm³/mol. The van der Waals surface area contributed by atoms with Gasteiger partial charge in [-0.3, -0.25) is 4.90 Å². The van der Waals surface area contributed by atoms with Crippen molar-refractivity contribution in [2.75, 3.05) is 32.8 Å². The molecule has 0 saturated carbocycles. The van der Waals surface area contributed by atoms with Gasteiger partial charge in [0.1, 0.15) is 18.1 Å². The summed E-state index contributed by atoms with van der Waals surface area (Å²) in [5.41, 5.74) is 0. The van der Waals surface area contributed by atoms with Crippen molar-refractivity contribution in [1.29, 1.82) is 0 Å². The van der Waals surface area contributed by atoms with Gasteiger partial charge in [0, 0.05) is 38.3 Å². The maximum Gasteiger partial charge on any atom is 0.573 e. The van der Waals surface area contributed by atoms with Crippen LogP contribution in [0.25, 0.3) is 0 Å². The molecular weight excluding hydrogens is 436 g/mol. The third-order valence-electron chi connectivity index (χ3n) is 3.26. The van der Waals surface area contributed by atoms with Crippen molar-refractivity contribution in [1.82, 2.24) is 10.2 Å². The molecule has 2 rings (SSSR count). The zero-order chi connectivity index (χ0) is 16.2. The van der Waals surface area contributed by atoms with Gasteiger partial charge < -0.3 is 14.8 Å². The van der Waals surface area contributed by atoms with E-state index < -0.39 is 6.36 Å². The van der Waals surface area contributed by atoms with E-state index in [1.165, 1.54) is 12.1 Å². The summed E-state index contributed by atoms with van der Waals surface area (Å²) >= 11 is 3.02. The van der Waals surface area contributed by atoms with E-state index >= 15 is 0 Å². The van der Waals surface area contributed by atoms with Crippen LogP contribution < -0.4 is 14.8 Å². The summed E-state index contributed by atoms with van der Waals surface area (Å²) in [4.78, 5) is 2.26. The lowest BCUT2D eigenvalue weighted by molar-refractivity contribution is -0.274. The highest BCUT2D eigenvalue weighted by Crippen LogP contribution is 2.33. The number of rotatable bonds is 5. The molecule has 1 aromatic carbocycles. The molecule has 0 bridgehead atoms. The van der Waals surface area contributed by atoms with Crippen molar-refractivity contribution >= 4 is 40.7 Å². The van der Waals surface area contributed by atoms with Crippen LogP contribution in [-0.2, 0) is 0 Å². The highest BCUT2D eigenvalue weighted by Gasteiger charge is 2.32. The number of hydrogen-bond donors (Lipinski definition) is 1. The van der Waals surface area contributed by atoms with Crippen molar-refractivity contribution in [2.45, 2.75) is 19.3 Å². The summed E-state index contributed by atoms with van der Waals surface area (Å²) < 4.78 is 46.6. The SMILES string of the molecule is C[C@@H]1CN(CCOc2ccc(Br)c(OC(F)(F)F)c2)CCN1.Cl.Cl. The van der Waals surface area contributed by atoms with Gasteiger partial charge in [-0.1, -0.05) is 0 Å². The number of piperazine rings is 1. The molecule has 1 heterocycles. The van der Waals surface area contributed by atoms with Crippen LogP contribution in [0.3, 0.4) is 0 Å². The average molecular weight is 456 g/mol. The van der Waals surface area contributed by atoms with E-state index in [1.54, 1.807) is 6.07 Å². The van der Waals surface area contributed by atoms with Crippen molar-refractivity contribution < 1.29 is 22.6 Å². The van der Waals surface area contributed by atoms with Gasteiger partial charge in [-0.15, -0.1) is 38.0 Å². The van der Waals surface area contributed by atoms with Crippen LogP contribution in [0, 0.1) is 0 Å². The number of alkyl halides is 3. The first-order valence-electron chi connectivity index (χ1n) is 6.97. The minimum absolute atomic E-state index is 0. The first-order chi connectivity index (χ1) is 10.3. The molecule has 24 heavy (non-hydrogen) atoms. The summed E-state index contributed by atoms with van der Waals surface area (Å²) in [7, 11) is 0. The monoisotopic (exact) mass is 454 g/mol. The van der Waals surface area contributed by atoms with E-state index in [0.717, 1.165) is 26.2 Å². The van der Waals surface area contributed by atoms with Crippen LogP contribution in [0.4, 0.5) is 13.2 Å². The molecule has 1 atom stereocenters. The van der Waals surface area contributed by atoms with Crippen LogP contribution in [0.5, 0.6) is 11.5 Å². The fourth-order valence-corrected chi connectivity index (χ4v) is 2.61. The van der Waals surface area contributed by atoms with E-state index in [2.05, 4.69) is 37.8 Å². The zero-order valence-corrected chi connectivity index (χ0v) is 16.2. The molecule has 140 valence electrons. The molecule has 0 unspecified atom stereocenters. The van der Waals surface area contributed by atoms with Crippen LogP contribution in [-0.4, -0.2) is 50.1 Å². The van der Waals surface area contributed by atoms with Gasteiger partial charge >= 0.3 is 6.36 Å². The third kappa shape index (κ3) is 8.11. The molecule has 0 radical (unpaired) electrons. The first-order valence-corrected chi connectivity index (χ1v) is 7.76. The van der Waals surface area contributed by atoms with Crippen LogP contribution in [0.1, 0.15) is 6.92 Å². The lowest BCUT2D eigenvalue weighted by Crippen LogP contribution is -2.50. The Morgan fingerprint density at radius 1 is 1.33 bits per heavy atom. The summed E-state index contributed by atoms with van der Waals surface area (Å²) in [6, 6.07) is 4.75. The minimum atomic E-state index is -4.72. The van der Waals surface area contributed by atoms with Crippen LogP contribution in [0.2, 0.25) is 0 Å². The van der Waals surface area contributed by atoms with Crippen LogP contribution in [0.15, 0.2) is 22.7 Å². The van der Waals surface area contributed by atoms with E-state index in [0.29, 0.717) is 18.4 Å². The zero-order valence-electron chi connectivity index (χ0n) is 12.9. The summed E-state index contributed by atoms with van der Waals surface area (Å²) in [6.45, 7) is 6.07. The molecule has 1 N–H and O–H groups in total. The molecule has 1 aromatic rings. The Bertz CT molecular complexity index is 509. The first kappa shape index (κ1) is 23.6. The molecule has 1 aliphatic rings. The number of hydrogen-bond acceptors (Lipinski definition) is 4. The molecule has 0 aliphatic carbocycles. The van der Waals surface area contributed by atoms with Gasteiger partial charge in [0.15, 0.2) is 0 Å². The van der Waals surface area contributed by atoms with Gasteiger partial charge in [-0.05, 0) is 35.0 Å². The molecule has 1 fully saturated rings. The molecule has 4 nitrogen and oxygen atoms in total. The number of nitrogens with zero attached hydrogens (tertiary/aromatic N) is 1. The molecule has 0 amide bonds. The third-order valence-corrected chi connectivity index (χ3v) is 3.91. The average Bonchev–Trinajstić information content (AvgIpc) is 2.41. The minimum Gasteiger partial charge on any atom is -0.492 e. The Labute approximate surface area is 160 Å². The Morgan fingerprint density at radius 2 is 2.04 bits per heavy atom. The summed E-state index contributed by atoms with van der Waals surface area (Å²) in [6.07, 6.45) is -4.72. The molecule has 10 heteroatoms. The second kappa shape index (κ2) is 10.6. The lowest BCUT2D eigenvalue weighted by Gasteiger charge is -2.31. The molecular formula is C14H20BrCl2F3N2O2. The maximum atomic E-state index is 12.3. The fourth-order valence-electron chi connectivity index (χ4n) is 2.28. The van der Waals surface area contributed by atoms with E-state index in [1.807, 2.05) is 0 Å². The number of halogens is 6. The van der Waals surface area contributed by atoms with Crippen molar-refractivity contribution in [3.63, 3.8) is 0 Å². The normalized spacial score (nSPS) is 18.3. The quantitative estimate of drug-likeness (QED) is 0.730. The second-order valence-electron chi connectivity index (χ2n) is 5.14. The van der Waals surface area contributed by atoms with E-state index in [-0.39, 0.29) is 35.0 Å². The summed E-state index contributed by atoms with van der Waals surface area (Å²) in [5.74, 6) is 0.0476. The number of benzene rings is 1. The van der Waals surface area contributed by atoms with Gasteiger partial charge in [-0.2, -0.15) is 0 Å². The Morgan fingerprint density at radius 3 is 2.67 bits per heavy atom. The van der Waals surface area contributed by atoms with Gasteiger partial charge in [0.2, 0.25) is 0 Å². The van der Waals surface area contributed by atoms with Crippen molar-refractivity contribution in [3.8, 4) is 11.5 Å². The second-order valence-corrected chi connectivity index (χ2v) is 6.00. The van der Waals surface area contributed by atoms with Gasteiger partial charge in [-0.25, -0.2) is 0 Å². The topological polar surface area (TPSA) is 33.7 Å². The summed E-state index contributed by atoms with van der Waals surface area (Å²) in [5, 5.41) is 3.34. The Balaban J connectivity index is 0.00000264. The molecule has 1 aliphatic heterocycles. The van der Waals surface area contributed by atoms with Crippen molar-refractivity contribution in [3.05, 3.63) is 22.7 Å². The fraction of sp³-hybridized carbons (Fsp3) is 0.571. The van der Waals surface area contributed by atoms with E-state index in [4.69, 9.17) is 4.74 Å². The van der Waals surface area contributed by atoms with Crippen molar-refractivity contribution in [2.24, 2.45) is 0 Å². The highest BCUT2D eigenvalue weighted by molar-refractivity contribution is 9.10. The van der Waals surface area contributed by atoms with Gasteiger partial charge in [0.05, 0.1) is 4.47 Å². The maximum absolute atomic E-state index is 12.3. The van der Waals surface area contributed by atoms with Gasteiger partial charge in [0.25, 0.3) is 0 Å². The smallest absolute Gasteiger partial charge is 0.492 e. The Hall–Kier alpha value is -0.410. The molecule has 1 saturated heterocycles. The lowest BCUT2D eigenvalue weighted by atomic mass is 10.2. The number of ether oxygens (including phenoxy) is 2. The molecule has 0 aromatic heterocycles. The standard InChI is InChI=1S/C14H18BrF3N2O2.2ClH/c1-10-9-20(5-4-19-10)6-7-21-11-2-3-12(15)13(8-11)22-14(16,17)18;;/h2-3,8,10,19H,4-7,9H2,1H3;2*1H/t10-;;/m1../s1. The van der Waals surface area contributed by atoms with E-state index in [9.17, 15) is 13.2 Å². The Kier molecular flexibility index (Phi) is 10.4. The largest absolute Gasteiger partial charge is 0.573 e.